The first-order valence-corrected chi connectivity index (χ1v) is 9.03. The van der Waals surface area contributed by atoms with Gasteiger partial charge in [0.1, 0.15) is 17.7 Å². The van der Waals surface area contributed by atoms with Crippen LogP contribution in [0.15, 0.2) is 47.8 Å². The molecule has 8 heteroatoms. The van der Waals surface area contributed by atoms with Gasteiger partial charge in [-0.2, -0.15) is 0 Å². The monoisotopic (exact) mass is 388 g/mol. The highest BCUT2D eigenvalue weighted by atomic mass is 32.1. The fraction of sp³-hybridized carbons (Fsp3) is 0.158. The van der Waals surface area contributed by atoms with Gasteiger partial charge < -0.3 is 9.47 Å². The van der Waals surface area contributed by atoms with Gasteiger partial charge in [0, 0.05) is 10.9 Å². The van der Waals surface area contributed by atoms with E-state index in [0.717, 1.165) is 29.5 Å². The zero-order valence-corrected chi connectivity index (χ0v) is 14.9. The molecule has 0 saturated carbocycles. The van der Waals surface area contributed by atoms with Crippen molar-refractivity contribution in [1.29, 1.82) is 0 Å². The number of anilines is 1. The number of para-hydroxylation sites is 2. The molecule has 0 bridgehead atoms. The fourth-order valence-corrected chi connectivity index (χ4v) is 3.44. The molecule has 27 heavy (non-hydrogen) atoms. The number of carbonyl (C=O) groups excluding carboxylic acids is 1. The van der Waals surface area contributed by atoms with Crippen molar-refractivity contribution in [3.63, 3.8) is 0 Å². The minimum absolute atomic E-state index is 0.0336. The second-order valence-corrected chi connectivity index (χ2v) is 6.82. The number of hydrogen-bond acceptors (Lipinski definition) is 5. The van der Waals surface area contributed by atoms with E-state index in [0.29, 0.717) is 11.5 Å². The molecule has 1 aromatic heterocycles. The Balaban J connectivity index is 1.51. The average molecular weight is 388 g/mol. The molecule has 3 aromatic rings. The van der Waals surface area contributed by atoms with Gasteiger partial charge in [0.25, 0.3) is 5.91 Å². The molecule has 0 radical (unpaired) electrons. The third-order valence-electron chi connectivity index (χ3n) is 4.04. The van der Waals surface area contributed by atoms with Crippen molar-refractivity contribution in [1.82, 2.24) is 4.98 Å². The first-order chi connectivity index (χ1) is 13.0. The van der Waals surface area contributed by atoms with Gasteiger partial charge in [-0.25, -0.2) is 13.8 Å². The molecule has 2 atom stereocenters. The average Bonchev–Trinajstić information content (AvgIpc) is 3.11. The molecule has 1 aliphatic heterocycles. The summed E-state index contributed by atoms with van der Waals surface area (Å²) < 4.78 is 38.7. The van der Waals surface area contributed by atoms with Crippen LogP contribution in [-0.2, 0) is 4.79 Å². The summed E-state index contributed by atoms with van der Waals surface area (Å²) in [7, 11) is 0. The third kappa shape index (κ3) is 3.48. The van der Waals surface area contributed by atoms with Crippen molar-refractivity contribution in [2.24, 2.45) is 0 Å². The van der Waals surface area contributed by atoms with Gasteiger partial charge in [-0.15, -0.1) is 11.3 Å². The number of ether oxygens (including phenoxy) is 2. The zero-order valence-electron chi connectivity index (χ0n) is 14.1. The smallest absolute Gasteiger partial charge is 0.271 e. The normalized spacial score (nSPS) is 18.2. The van der Waals surface area contributed by atoms with Crippen LogP contribution in [0.2, 0.25) is 0 Å². The Labute approximate surface area is 157 Å². The standard InChI is InChI=1S/C19H14F2N2O3S/c1-10-17(26-16-5-3-2-4-15(16)25-10)18(24)23-19-22-14(9-27-19)12-8-11(20)6-7-13(12)21/h2-10,17H,1H3,(H,22,23,24). The number of nitrogens with one attached hydrogen (secondary N) is 1. The predicted molar refractivity (Wildman–Crippen MR) is 97.0 cm³/mol. The van der Waals surface area contributed by atoms with Crippen LogP contribution < -0.4 is 14.8 Å². The number of hydrogen-bond donors (Lipinski definition) is 1. The molecular formula is C19H14F2N2O3S. The molecule has 4 rings (SSSR count). The topological polar surface area (TPSA) is 60.5 Å². The molecule has 0 spiro atoms. The van der Waals surface area contributed by atoms with E-state index >= 15 is 0 Å². The molecule has 1 aliphatic rings. The first-order valence-electron chi connectivity index (χ1n) is 8.15. The Hall–Kier alpha value is -3.00. The van der Waals surface area contributed by atoms with E-state index < -0.39 is 29.7 Å². The summed E-state index contributed by atoms with van der Waals surface area (Å²) in [5, 5.41) is 4.45. The molecule has 2 heterocycles. The molecule has 1 N–H and O–H groups in total. The second-order valence-electron chi connectivity index (χ2n) is 5.96. The van der Waals surface area contributed by atoms with Gasteiger partial charge >= 0.3 is 0 Å². The number of aromatic nitrogens is 1. The van der Waals surface area contributed by atoms with Crippen LogP contribution in [0.3, 0.4) is 0 Å². The molecule has 0 aliphatic carbocycles. The lowest BCUT2D eigenvalue weighted by molar-refractivity contribution is -0.128. The summed E-state index contributed by atoms with van der Waals surface area (Å²) in [5.74, 6) is -0.527. The maximum Gasteiger partial charge on any atom is 0.271 e. The van der Waals surface area contributed by atoms with E-state index in [1.807, 2.05) is 6.07 Å². The van der Waals surface area contributed by atoms with Crippen LogP contribution in [0.1, 0.15) is 6.92 Å². The van der Waals surface area contributed by atoms with E-state index in [-0.39, 0.29) is 16.4 Å². The van der Waals surface area contributed by atoms with E-state index in [1.165, 1.54) is 0 Å². The quantitative estimate of drug-likeness (QED) is 0.729. The van der Waals surface area contributed by atoms with Crippen LogP contribution in [0.4, 0.5) is 13.9 Å². The van der Waals surface area contributed by atoms with Gasteiger partial charge in [-0.05, 0) is 37.3 Å². The Morgan fingerprint density at radius 3 is 2.67 bits per heavy atom. The fourth-order valence-electron chi connectivity index (χ4n) is 2.73. The lowest BCUT2D eigenvalue weighted by Gasteiger charge is -2.30. The summed E-state index contributed by atoms with van der Waals surface area (Å²) in [4.78, 5) is 16.7. The second kappa shape index (κ2) is 6.96. The van der Waals surface area contributed by atoms with E-state index in [1.54, 1.807) is 30.5 Å². The summed E-state index contributed by atoms with van der Waals surface area (Å²) in [6, 6.07) is 10.2. The molecular weight excluding hydrogens is 374 g/mol. The number of amides is 1. The molecule has 2 unspecified atom stereocenters. The molecule has 2 aromatic carbocycles. The zero-order chi connectivity index (χ0) is 19.0. The van der Waals surface area contributed by atoms with Gasteiger partial charge in [0.05, 0.1) is 5.69 Å². The Morgan fingerprint density at radius 1 is 1.15 bits per heavy atom. The number of benzene rings is 2. The van der Waals surface area contributed by atoms with E-state index in [4.69, 9.17) is 9.47 Å². The number of nitrogens with zero attached hydrogens (tertiary/aromatic N) is 1. The van der Waals surface area contributed by atoms with Gasteiger partial charge in [-0.3, -0.25) is 10.1 Å². The highest BCUT2D eigenvalue weighted by Crippen LogP contribution is 2.34. The van der Waals surface area contributed by atoms with Crippen LogP contribution in [0, 0.1) is 11.6 Å². The first kappa shape index (κ1) is 17.4. The lowest BCUT2D eigenvalue weighted by Crippen LogP contribution is -2.46. The largest absolute Gasteiger partial charge is 0.482 e. The predicted octanol–water partition coefficient (Wildman–Crippen LogP) is 4.26. The van der Waals surface area contributed by atoms with Crippen molar-refractivity contribution in [2.45, 2.75) is 19.1 Å². The number of halogens is 2. The lowest BCUT2D eigenvalue weighted by atomic mass is 10.1. The highest BCUT2D eigenvalue weighted by molar-refractivity contribution is 7.14. The Bertz CT molecular complexity index is 1010. The van der Waals surface area contributed by atoms with Crippen molar-refractivity contribution >= 4 is 22.4 Å². The van der Waals surface area contributed by atoms with Crippen molar-refractivity contribution in [2.75, 3.05) is 5.32 Å². The Kier molecular flexibility index (Phi) is 4.49. The molecule has 0 fully saturated rings. The maximum absolute atomic E-state index is 13.9. The molecule has 5 nitrogen and oxygen atoms in total. The van der Waals surface area contributed by atoms with Gasteiger partial charge in [0.15, 0.2) is 16.6 Å². The minimum Gasteiger partial charge on any atom is -0.482 e. The Morgan fingerprint density at radius 2 is 1.89 bits per heavy atom. The highest BCUT2D eigenvalue weighted by Gasteiger charge is 2.34. The van der Waals surface area contributed by atoms with Gasteiger partial charge in [0.2, 0.25) is 6.10 Å². The van der Waals surface area contributed by atoms with E-state index in [2.05, 4.69) is 10.3 Å². The maximum atomic E-state index is 13.9. The molecule has 1 amide bonds. The van der Waals surface area contributed by atoms with Crippen molar-refractivity contribution in [3.8, 4) is 22.8 Å². The van der Waals surface area contributed by atoms with E-state index in [9.17, 15) is 13.6 Å². The minimum atomic E-state index is -0.863. The van der Waals surface area contributed by atoms with Crippen LogP contribution in [-0.4, -0.2) is 23.1 Å². The number of carbonyl (C=O) groups is 1. The number of rotatable bonds is 3. The summed E-state index contributed by atoms with van der Waals surface area (Å²) in [6.07, 6.45) is -1.36. The molecule has 138 valence electrons. The summed E-state index contributed by atoms with van der Waals surface area (Å²) in [5.41, 5.74) is 0.276. The van der Waals surface area contributed by atoms with Crippen LogP contribution >= 0.6 is 11.3 Å². The van der Waals surface area contributed by atoms with Gasteiger partial charge in [-0.1, -0.05) is 12.1 Å². The van der Waals surface area contributed by atoms with Crippen molar-refractivity contribution in [3.05, 3.63) is 59.5 Å². The third-order valence-corrected chi connectivity index (χ3v) is 4.80. The van der Waals surface area contributed by atoms with Crippen molar-refractivity contribution < 1.29 is 23.0 Å². The number of fused-ring (bicyclic) bond motifs is 1. The van der Waals surface area contributed by atoms with Crippen LogP contribution in [0.5, 0.6) is 11.5 Å². The number of thiazole rings is 1. The van der Waals surface area contributed by atoms with Crippen LogP contribution in [0.25, 0.3) is 11.3 Å². The summed E-state index contributed by atoms with van der Waals surface area (Å²) >= 11 is 1.11. The summed E-state index contributed by atoms with van der Waals surface area (Å²) in [6.45, 7) is 1.73. The molecule has 0 saturated heterocycles. The SMILES string of the molecule is CC1Oc2ccccc2OC1C(=O)Nc1nc(-c2cc(F)ccc2F)cs1.